The van der Waals surface area contributed by atoms with E-state index in [-0.39, 0.29) is 25.7 Å². The number of fused-ring (bicyclic) bond motifs is 1. The van der Waals surface area contributed by atoms with Crippen LogP contribution in [0.3, 0.4) is 0 Å². The smallest absolute Gasteiger partial charge is 0.328 e. The molecular weight excluding hydrogens is 314 g/mol. The molecule has 1 aromatic rings. The highest BCUT2D eigenvalue weighted by molar-refractivity contribution is 5.86. The topological polar surface area (TPSA) is 85.3 Å². The van der Waals surface area contributed by atoms with Gasteiger partial charge in [-0.15, -0.1) is 0 Å². The predicted molar refractivity (Wildman–Crippen MR) is 84.3 cm³/mol. The summed E-state index contributed by atoms with van der Waals surface area (Å²) >= 11 is 0. The van der Waals surface area contributed by atoms with E-state index in [0.717, 1.165) is 5.56 Å². The Hall–Kier alpha value is -2.28. The molecule has 0 aliphatic carbocycles. The lowest BCUT2D eigenvalue weighted by Crippen LogP contribution is -2.55. The maximum absolute atomic E-state index is 12.8. The number of ether oxygens (including phenoxy) is 3. The fourth-order valence-corrected chi connectivity index (χ4v) is 3.13. The minimum Gasteiger partial charge on any atom is -0.490 e. The molecule has 2 aliphatic rings. The van der Waals surface area contributed by atoms with Gasteiger partial charge in [-0.25, -0.2) is 4.79 Å². The number of hydrogen-bond acceptors (Lipinski definition) is 5. The van der Waals surface area contributed by atoms with Crippen LogP contribution in [0.5, 0.6) is 11.5 Å². The number of carbonyl (C=O) groups is 2. The lowest BCUT2D eigenvalue weighted by Gasteiger charge is -2.36. The van der Waals surface area contributed by atoms with Crippen LogP contribution in [-0.4, -0.2) is 60.9 Å². The van der Waals surface area contributed by atoms with Crippen molar-refractivity contribution in [3.63, 3.8) is 0 Å². The molecular formula is C17H21NO6. The van der Waals surface area contributed by atoms with Crippen molar-refractivity contribution in [1.29, 1.82) is 0 Å². The fourth-order valence-electron chi connectivity index (χ4n) is 3.13. The maximum atomic E-state index is 12.8. The van der Waals surface area contributed by atoms with Crippen LogP contribution >= 0.6 is 0 Å². The number of hydrogen-bond donors (Lipinski definition) is 1. The number of carbonyl (C=O) groups excluding carboxylic acids is 1. The van der Waals surface area contributed by atoms with Crippen LogP contribution in [0.1, 0.15) is 12.5 Å². The quantitative estimate of drug-likeness (QED) is 0.882. The van der Waals surface area contributed by atoms with Gasteiger partial charge in [0.2, 0.25) is 5.91 Å². The molecule has 0 unspecified atom stereocenters. The highest BCUT2D eigenvalue weighted by atomic mass is 16.5. The molecule has 1 N–H and O–H groups in total. The first-order valence-electron chi connectivity index (χ1n) is 8.10. The Morgan fingerprint density at radius 3 is 2.96 bits per heavy atom. The van der Waals surface area contributed by atoms with E-state index in [1.54, 1.807) is 0 Å². The average Bonchev–Trinajstić information content (AvgIpc) is 2.61. The van der Waals surface area contributed by atoms with Crippen LogP contribution in [0.2, 0.25) is 0 Å². The third-order valence-electron chi connectivity index (χ3n) is 4.30. The highest BCUT2D eigenvalue weighted by Crippen LogP contribution is 2.36. The fraction of sp³-hybridized carbons (Fsp3) is 0.529. The third kappa shape index (κ3) is 3.17. The van der Waals surface area contributed by atoms with Gasteiger partial charge in [-0.2, -0.15) is 0 Å². The van der Waals surface area contributed by atoms with Gasteiger partial charge in [-0.3, -0.25) is 4.79 Å². The van der Waals surface area contributed by atoms with Gasteiger partial charge in [0.25, 0.3) is 0 Å². The van der Waals surface area contributed by atoms with Crippen molar-refractivity contribution in [3.8, 4) is 11.5 Å². The predicted octanol–water partition coefficient (Wildman–Crippen LogP) is 0.948. The van der Waals surface area contributed by atoms with Crippen molar-refractivity contribution in [3.05, 3.63) is 23.8 Å². The standard InChI is InChI=1S/C17H21NO6/c1-2-23-14-5-3-4-11-8-12(9-24-15(11)14)16(19)18-6-7-22-10-13(18)17(20)21/h3-5,12-13H,2,6-10H2,1H3,(H,20,21)/t12-,13+/m0/s1. The first-order chi connectivity index (χ1) is 11.6. The van der Waals surface area contributed by atoms with E-state index in [1.807, 2.05) is 25.1 Å². The van der Waals surface area contributed by atoms with E-state index < -0.39 is 17.9 Å². The average molecular weight is 335 g/mol. The Bertz CT molecular complexity index is 632. The third-order valence-corrected chi connectivity index (χ3v) is 4.30. The van der Waals surface area contributed by atoms with E-state index in [9.17, 15) is 14.7 Å². The van der Waals surface area contributed by atoms with Crippen LogP contribution in [-0.2, 0) is 20.7 Å². The summed E-state index contributed by atoms with van der Waals surface area (Å²) in [6.45, 7) is 3.33. The summed E-state index contributed by atoms with van der Waals surface area (Å²) in [6.07, 6.45) is 0.513. The summed E-state index contributed by atoms with van der Waals surface area (Å²) in [5.41, 5.74) is 0.908. The summed E-state index contributed by atoms with van der Waals surface area (Å²) in [5, 5.41) is 9.29. The first kappa shape index (κ1) is 16.6. The second-order valence-corrected chi connectivity index (χ2v) is 5.85. The molecule has 1 fully saturated rings. The monoisotopic (exact) mass is 335 g/mol. The summed E-state index contributed by atoms with van der Waals surface area (Å²) in [7, 11) is 0. The Morgan fingerprint density at radius 2 is 2.21 bits per heavy atom. The summed E-state index contributed by atoms with van der Waals surface area (Å²) < 4.78 is 16.5. The molecule has 0 saturated carbocycles. The first-order valence-corrected chi connectivity index (χ1v) is 8.10. The molecule has 0 spiro atoms. The molecule has 130 valence electrons. The summed E-state index contributed by atoms with van der Waals surface area (Å²) in [6, 6.07) is 4.69. The van der Waals surface area contributed by atoms with Crippen LogP contribution in [0, 0.1) is 5.92 Å². The number of morpholine rings is 1. The zero-order chi connectivity index (χ0) is 17.1. The molecule has 24 heavy (non-hydrogen) atoms. The van der Waals surface area contributed by atoms with Gasteiger partial charge in [-0.05, 0) is 25.0 Å². The number of rotatable bonds is 4. The molecule has 0 aromatic heterocycles. The zero-order valence-electron chi connectivity index (χ0n) is 13.6. The van der Waals surface area contributed by atoms with Crippen molar-refractivity contribution in [2.75, 3.05) is 33.0 Å². The molecule has 7 heteroatoms. The molecule has 1 amide bonds. The van der Waals surface area contributed by atoms with E-state index in [4.69, 9.17) is 14.2 Å². The number of amides is 1. The van der Waals surface area contributed by atoms with Gasteiger partial charge in [0.05, 0.1) is 25.7 Å². The number of benzene rings is 1. The maximum Gasteiger partial charge on any atom is 0.328 e. The zero-order valence-corrected chi connectivity index (χ0v) is 13.6. The number of nitrogens with zero attached hydrogens (tertiary/aromatic N) is 1. The Kier molecular flexibility index (Phi) is 4.89. The normalized spacial score (nSPS) is 23.1. The van der Waals surface area contributed by atoms with E-state index >= 15 is 0 Å². The Balaban J connectivity index is 1.76. The minimum atomic E-state index is -1.04. The van der Waals surface area contributed by atoms with Crippen LogP contribution in [0.25, 0.3) is 0 Å². The Labute approximate surface area is 140 Å². The molecule has 0 radical (unpaired) electrons. The largest absolute Gasteiger partial charge is 0.490 e. The molecule has 1 saturated heterocycles. The van der Waals surface area contributed by atoms with Gasteiger partial charge >= 0.3 is 5.97 Å². The van der Waals surface area contributed by atoms with Gasteiger partial charge in [-0.1, -0.05) is 12.1 Å². The van der Waals surface area contributed by atoms with Crippen molar-refractivity contribution < 1.29 is 28.9 Å². The number of aliphatic carboxylic acids is 1. The SMILES string of the molecule is CCOc1cccc2c1OC[C@@H](C(=O)N1CCOC[C@@H]1C(=O)O)C2. The second kappa shape index (κ2) is 7.09. The van der Waals surface area contributed by atoms with Crippen LogP contribution in [0.15, 0.2) is 18.2 Å². The van der Waals surface area contributed by atoms with E-state index in [0.29, 0.717) is 31.1 Å². The van der Waals surface area contributed by atoms with Crippen molar-refractivity contribution in [2.45, 2.75) is 19.4 Å². The van der Waals surface area contributed by atoms with Gasteiger partial charge in [0.15, 0.2) is 17.5 Å². The number of carboxylic acid groups (broad SMARTS) is 1. The second-order valence-electron chi connectivity index (χ2n) is 5.85. The molecule has 3 rings (SSSR count). The molecule has 7 nitrogen and oxygen atoms in total. The summed E-state index contributed by atoms with van der Waals surface area (Å²) in [5.74, 6) is -0.276. The van der Waals surface area contributed by atoms with Crippen molar-refractivity contribution in [1.82, 2.24) is 4.90 Å². The van der Waals surface area contributed by atoms with Crippen molar-refractivity contribution in [2.24, 2.45) is 5.92 Å². The van der Waals surface area contributed by atoms with Gasteiger partial charge in [0.1, 0.15) is 6.61 Å². The van der Waals surface area contributed by atoms with Gasteiger partial charge in [0, 0.05) is 6.54 Å². The van der Waals surface area contributed by atoms with Gasteiger partial charge < -0.3 is 24.2 Å². The molecule has 2 aliphatic heterocycles. The minimum absolute atomic E-state index is 0.0275. The molecule has 1 aromatic carbocycles. The number of carboxylic acids is 1. The van der Waals surface area contributed by atoms with Crippen LogP contribution in [0.4, 0.5) is 0 Å². The molecule has 2 atom stereocenters. The molecule has 0 bridgehead atoms. The lowest BCUT2D eigenvalue weighted by molar-refractivity contribution is -0.161. The van der Waals surface area contributed by atoms with E-state index in [1.165, 1.54) is 4.90 Å². The van der Waals surface area contributed by atoms with E-state index in [2.05, 4.69) is 0 Å². The highest BCUT2D eigenvalue weighted by Gasteiger charge is 2.38. The van der Waals surface area contributed by atoms with Crippen LogP contribution < -0.4 is 9.47 Å². The number of para-hydroxylation sites is 1. The molecule has 2 heterocycles. The Morgan fingerprint density at radius 1 is 1.38 bits per heavy atom. The summed E-state index contributed by atoms with van der Waals surface area (Å²) in [4.78, 5) is 25.5. The van der Waals surface area contributed by atoms with Crippen molar-refractivity contribution >= 4 is 11.9 Å². The lowest BCUT2D eigenvalue weighted by atomic mass is 9.94.